The summed E-state index contributed by atoms with van der Waals surface area (Å²) in [6.07, 6.45) is 1.69. The third-order valence-electron chi connectivity index (χ3n) is 3.77. The molecule has 0 spiro atoms. The quantitative estimate of drug-likeness (QED) is 0.657. The van der Waals surface area contributed by atoms with Crippen LogP contribution in [-0.4, -0.2) is 35.0 Å². The van der Waals surface area contributed by atoms with Gasteiger partial charge < -0.3 is 5.32 Å². The van der Waals surface area contributed by atoms with E-state index < -0.39 is 0 Å². The Bertz CT molecular complexity index is 934. The monoisotopic (exact) mass is 464 g/mol. The number of halogens is 2. The van der Waals surface area contributed by atoms with Gasteiger partial charge in [-0.3, -0.25) is 19.3 Å². The largest absolute Gasteiger partial charge is 0.350 e. The van der Waals surface area contributed by atoms with E-state index in [4.69, 9.17) is 11.6 Å². The standard InChI is InChI=1S/C19H14BrClN2O3S/c20-13-6-7-14(15(21)11-13)17(24)22-8-9-23-18(25)16(27-19(23)26)10-12-4-2-1-3-5-12/h1-7,10-11H,8-9H2,(H,22,24)/b16-10+. The van der Waals surface area contributed by atoms with Crippen molar-refractivity contribution < 1.29 is 14.4 Å². The van der Waals surface area contributed by atoms with Gasteiger partial charge in [0.2, 0.25) is 0 Å². The average Bonchev–Trinajstić information content (AvgIpc) is 2.89. The first-order valence-corrected chi connectivity index (χ1v) is 9.98. The van der Waals surface area contributed by atoms with Crippen LogP contribution >= 0.6 is 39.3 Å². The minimum Gasteiger partial charge on any atom is -0.350 e. The molecule has 0 atom stereocenters. The third kappa shape index (κ3) is 4.80. The van der Waals surface area contributed by atoms with Gasteiger partial charge in [0.15, 0.2) is 0 Å². The van der Waals surface area contributed by atoms with Crippen LogP contribution in [0, 0.1) is 0 Å². The highest BCUT2D eigenvalue weighted by atomic mass is 79.9. The molecule has 138 valence electrons. The summed E-state index contributed by atoms with van der Waals surface area (Å²) in [5.74, 6) is -0.718. The molecule has 0 radical (unpaired) electrons. The number of benzene rings is 2. The maximum absolute atomic E-state index is 12.4. The zero-order chi connectivity index (χ0) is 19.4. The molecule has 5 nitrogen and oxygen atoms in total. The second-order valence-electron chi connectivity index (χ2n) is 5.62. The first-order chi connectivity index (χ1) is 13.0. The second-order valence-corrected chi connectivity index (χ2v) is 7.94. The van der Waals surface area contributed by atoms with Gasteiger partial charge in [-0.1, -0.05) is 57.9 Å². The Kier molecular flexibility index (Phi) is 6.36. The van der Waals surface area contributed by atoms with Gasteiger partial charge in [0, 0.05) is 17.6 Å². The van der Waals surface area contributed by atoms with Crippen LogP contribution in [0.1, 0.15) is 15.9 Å². The second kappa shape index (κ2) is 8.73. The number of imide groups is 1. The molecule has 27 heavy (non-hydrogen) atoms. The summed E-state index contributed by atoms with van der Waals surface area (Å²) in [6, 6.07) is 14.3. The van der Waals surface area contributed by atoms with Crippen molar-refractivity contribution in [2.24, 2.45) is 0 Å². The van der Waals surface area contributed by atoms with E-state index >= 15 is 0 Å². The fourth-order valence-corrected chi connectivity index (χ4v) is 4.07. The summed E-state index contributed by atoms with van der Waals surface area (Å²) < 4.78 is 0.770. The van der Waals surface area contributed by atoms with Gasteiger partial charge in [0.05, 0.1) is 15.5 Å². The lowest BCUT2D eigenvalue weighted by molar-refractivity contribution is -0.122. The number of hydrogen-bond donors (Lipinski definition) is 1. The summed E-state index contributed by atoms with van der Waals surface area (Å²) in [6.45, 7) is 0.235. The van der Waals surface area contributed by atoms with E-state index in [0.29, 0.717) is 15.5 Å². The highest BCUT2D eigenvalue weighted by molar-refractivity contribution is 9.10. The number of rotatable bonds is 5. The maximum atomic E-state index is 12.4. The van der Waals surface area contributed by atoms with Crippen LogP contribution in [0.15, 0.2) is 57.9 Å². The lowest BCUT2D eigenvalue weighted by atomic mass is 10.2. The Hall–Kier alpha value is -2.09. The summed E-state index contributed by atoms with van der Waals surface area (Å²) >= 11 is 10.2. The van der Waals surface area contributed by atoms with E-state index in [1.807, 2.05) is 30.3 Å². The Morgan fingerprint density at radius 3 is 2.63 bits per heavy atom. The SMILES string of the molecule is O=C(NCCN1C(=O)S/C(=C/c2ccccc2)C1=O)c1ccc(Br)cc1Cl. The molecule has 2 aromatic carbocycles. The van der Waals surface area contributed by atoms with Crippen LogP contribution in [0.4, 0.5) is 4.79 Å². The fourth-order valence-electron chi connectivity index (χ4n) is 2.44. The molecule has 0 bridgehead atoms. The van der Waals surface area contributed by atoms with Gasteiger partial charge in [-0.15, -0.1) is 0 Å². The average molecular weight is 466 g/mol. The lowest BCUT2D eigenvalue weighted by Gasteiger charge is -2.13. The van der Waals surface area contributed by atoms with Gasteiger partial charge in [-0.2, -0.15) is 0 Å². The van der Waals surface area contributed by atoms with Gasteiger partial charge in [-0.05, 0) is 41.6 Å². The summed E-state index contributed by atoms with van der Waals surface area (Å²) in [4.78, 5) is 38.2. The number of amides is 3. The minimum absolute atomic E-state index is 0.0939. The zero-order valence-corrected chi connectivity index (χ0v) is 17.1. The van der Waals surface area contributed by atoms with Gasteiger partial charge in [0.1, 0.15) is 0 Å². The molecular formula is C19H14BrClN2O3S. The van der Waals surface area contributed by atoms with Crippen LogP contribution in [0.5, 0.6) is 0 Å². The van der Waals surface area contributed by atoms with E-state index in [1.165, 1.54) is 0 Å². The van der Waals surface area contributed by atoms with Crippen molar-refractivity contribution >= 4 is 62.4 Å². The molecule has 1 fully saturated rings. The van der Waals surface area contributed by atoms with E-state index in [9.17, 15) is 14.4 Å². The molecule has 1 heterocycles. The molecule has 0 saturated carbocycles. The molecule has 0 aromatic heterocycles. The molecule has 1 saturated heterocycles. The Balaban J connectivity index is 1.59. The Labute approximate surface area is 173 Å². The van der Waals surface area contributed by atoms with Gasteiger partial charge >= 0.3 is 0 Å². The number of nitrogens with zero attached hydrogens (tertiary/aromatic N) is 1. The smallest absolute Gasteiger partial charge is 0.293 e. The zero-order valence-electron chi connectivity index (χ0n) is 13.9. The van der Waals surface area contributed by atoms with E-state index in [2.05, 4.69) is 21.2 Å². The molecule has 0 aliphatic carbocycles. The highest BCUT2D eigenvalue weighted by Gasteiger charge is 2.34. The van der Waals surface area contributed by atoms with Crippen molar-refractivity contribution in [2.75, 3.05) is 13.1 Å². The minimum atomic E-state index is -0.362. The molecule has 3 amide bonds. The molecule has 1 aliphatic rings. The summed E-state index contributed by atoms with van der Waals surface area (Å²) in [5, 5.41) is 2.65. The van der Waals surface area contributed by atoms with Crippen LogP contribution < -0.4 is 5.32 Å². The third-order valence-corrected chi connectivity index (χ3v) is 5.48. The molecule has 2 aromatic rings. The van der Waals surface area contributed by atoms with Crippen molar-refractivity contribution in [3.8, 4) is 0 Å². The van der Waals surface area contributed by atoms with E-state index in [1.54, 1.807) is 24.3 Å². The molecular weight excluding hydrogens is 452 g/mol. The Morgan fingerprint density at radius 2 is 1.93 bits per heavy atom. The highest BCUT2D eigenvalue weighted by Crippen LogP contribution is 2.31. The topological polar surface area (TPSA) is 66.5 Å². The van der Waals surface area contributed by atoms with Crippen molar-refractivity contribution in [3.05, 3.63) is 74.1 Å². The van der Waals surface area contributed by atoms with Crippen LogP contribution in [0.25, 0.3) is 6.08 Å². The van der Waals surface area contributed by atoms with Crippen molar-refractivity contribution in [3.63, 3.8) is 0 Å². The number of carbonyl (C=O) groups excluding carboxylic acids is 3. The van der Waals surface area contributed by atoms with E-state index in [-0.39, 0.29) is 30.1 Å². The summed E-state index contributed by atoms with van der Waals surface area (Å²) in [5.41, 5.74) is 1.18. The maximum Gasteiger partial charge on any atom is 0.293 e. The first kappa shape index (κ1) is 19.7. The van der Waals surface area contributed by atoms with Gasteiger partial charge in [-0.25, -0.2) is 0 Å². The van der Waals surface area contributed by atoms with Crippen molar-refractivity contribution in [1.82, 2.24) is 10.2 Å². The van der Waals surface area contributed by atoms with Crippen molar-refractivity contribution in [1.29, 1.82) is 0 Å². The molecule has 8 heteroatoms. The number of carbonyl (C=O) groups is 3. The van der Waals surface area contributed by atoms with Gasteiger partial charge in [0.25, 0.3) is 17.1 Å². The molecule has 1 N–H and O–H groups in total. The number of thioether (sulfide) groups is 1. The predicted molar refractivity (Wildman–Crippen MR) is 111 cm³/mol. The van der Waals surface area contributed by atoms with Crippen LogP contribution in [0.2, 0.25) is 5.02 Å². The predicted octanol–water partition coefficient (Wildman–Crippen LogP) is 4.57. The Morgan fingerprint density at radius 1 is 1.19 bits per heavy atom. The molecule has 1 aliphatic heterocycles. The van der Waals surface area contributed by atoms with Crippen LogP contribution in [0.3, 0.4) is 0 Å². The fraction of sp³-hybridized carbons (Fsp3) is 0.105. The summed E-state index contributed by atoms with van der Waals surface area (Å²) in [7, 11) is 0. The molecule has 3 rings (SSSR count). The number of hydrogen-bond acceptors (Lipinski definition) is 4. The first-order valence-electron chi connectivity index (χ1n) is 7.99. The van der Waals surface area contributed by atoms with Crippen molar-refractivity contribution in [2.45, 2.75) is 0 Å². The number of nitrogens with one attached hydrogen (secondary N) is 1. The van der Waals surface area contributed by atoms with E-state index in [0.717, 1.165) is 26.7 Å². The normalized spacial score (nSPS) is 15.5. The van der Waals surface area contributed by atoms with Crippen LogP contribution in [-0.2, 0) is 4.79 Å². The lowest BCUT2D eigenvalue weighted by Crippen LogP contribution is -2.37. The molecule has 0 unspecified atom stereocenters.